The summed E-state index contributed by atoms with van der Waals surface area (Å²) in [7, 11) is 1.73. The quantitative estimate of drug-likeness (QED) is 0.228. The summed E-state index contributed by atoms with van der Waals surface area (Å²) in [4.78, 5) is 46.3. The number of Topliss-reactive ketones (excluding diaryl/α,β-unsaturated/α-hetero) is 2. The maximum atomic E-state index is 14.2. The Morgan fingerprint density at radius 2 is 1.73 bits per heavy atom. The third-order valence-electron chi connectivity index (χ3n) is 11.0. The number of rotatable bonds is 8. The fraction of sp³-hybridized carbons (Fsp3) is 0.650. The van der Waals surface area contributed by atoms with Crippen molar-refractivity contribution in [2.75, 3.05) is 13.7 Å². The summed E-state index contributed by atoms with van der Waals surface area (Å²) < 4.78 is 25.0. The number of benzene rings is 1. The average Bonchev–Trinajstić information content (AvgIpc) is 3.12. The lowest BCUT2D eigenvalue weighted by atomic mass is 9.74. The van der Waals surface area contributed by atoms with Crippen LogP contribution in [0.3, 0.4) is 0 Å². The molecule has 1 aromatic carbocycles. The number of carbonyl (C=O) groups excluding carboxylic acids is 3. The average molecular weight is 727 g/mol. The van der Waals surface area contributed by atoms with E-state index in [1.54, 1.807) is 47.0 Å². The molecule has 3 heterocycles. The second-order valence-electron chi connectivity index (χ2n) is 15.2. The van der Waals surface area contributed by atoms with Gasteiger partial charge in [-0.3, -0.25) is 19.4 Å². The van der Waals surface area contributed by atoms with Gasteiger partial charge in [0.25, 0.3) is 0 Å². The summed E-state index contributed by atoms with van der Waals surface area (Å²) in [5.41, 5.74) is -1.66. The number of aromatic nitrogens is 1. The number of para-hydroxylation sites is 1. The molecule has 12 nitrogen and oxygen atoms in total. The van der Waals surface area contributed by atoms with Crippen LogP contribution in [0.4, 0.5) is 0 Å². The number of nitrogens with one attached hydrogen (secondary N) is 1. The Balaban J connectivity index is 1.77. The summed E-state index contributed by atoms with van der Waals surface area (Å²) in [6.45, 7) is 12.9. The van der Waals surface area contributed by atoms with Crippen LogP contribution in [0.2, 0.25) is 0 Å². The Morgan fingerprint density at radius 3 is 2.40 bits per heavy atom. The van der Waals surface area contributed by atoms with Crippen molar-refractivity contribution in [2.24, 2.45) is 23.7 Å². The molecule has 13 atom stereocenters. The zero-order valence-electron chi connectivity index (χ0n) is 31.9. The molecule has 2 aromatic rings. The molecule has 0 saturated carbocycles. The number of carbonyl (C=O) groups is 3. The molecule has 0 bridgehead atoms. The maximum Gasteiger partial charge on any atom is 0.316 e. The number of hydrogen-bond donors (Lipinski definition) is 4. The first-order valence-corrected chi connectivity index (χ1v) is 18.4. The zero-order valence-corrected chi connectivity index (χ0v) is 31.9. The van der Waals surface area contributed by atoms with E-state index in [-0.39, 0.29) is 37.4 Å². The van der Waals surface area contributed by atoms with Crippen LogP contribution in [0.15, 0.2) is 42.6 Å². The summed E-state index contributed by atoms with van der Waals surface area (Å²) >= 11 is 0. The minimum atomic E-state index is -1.99. The molecule has 0 amide bonds. The SMILES string of the molecule is CC[C@H]1OC(=O)[C@H](C)C(=O)[C@H](C)[C@@H](O[C@@H]2O[C@H](C)C[C@H](NC)[C@H]2O)[C@](C)(OC/C=C/c2cnc3ccccc3c2)C[C@@H](C)C(=O)[C@H](C)[C@@H](O)[C@]1(C)O. The van der Waals surface area contributed by atoms with Gasteiger partial charge in [-0.05, 0) is 71.7 Å². The van der Waals surface area contributed by atoms with Crippen LogP contribution in [0.5, 0.6) is 0 Å². The fourth-order valence-corrected chi connectivity index (χ4v) is 7.77. The number of cyclic esters (lactones) is 1. The van der Waals surface area contributed by atoms with Crippen LogP contribution in [-0.2, 0) is 33.3 Å². The van der Waals surface area contributed by atoms with Gasteiger partial charge in [0, 0.05) is 35.4 Å². The molecule has 52 heavy (non-hydrogen) atoms. The number of pyridine rings is 1. The molecular formula is C40H58N2O10. The van der Waals surface area contributed by atoms with Crippen molar-refractivity contribution in [1.29, 1.82) is 0 Å². The zero-order chi connectivity index (χ0) is 38.5. The van der Waals surface area contributed by atoms with Crippen molar-refractivity contribution >= 4 is 34.5 Å². The Kier molecular flexibility index (Phi) is 13.9. The van der Waals surface area contributed by atoms with Gasteiger partial charge in [-0.15, -0.1) is 0 Å². The molecule has 0 spiro atoms. The Morgan fingerprint density at radius 1 is 1.04 bits per heavy atom. The van der Waals surface area contributed by atoms with Crippen molar-refractivity contribution in [1.82, 2.24) is 10.3 Å². The lowest BCUT2D eigenvalue weighted by Gasteiger charge is -2.46. The Bertz CT molecular complexity index is 1580. The lowest BCUT2D eigenvalue weighted by Crippen LogP contribution is -2.60. The van der Waals surface area contributed by atoms with Crippen molar-refractivity contribution in [3.63, 3.8) is 0 Å². The highest BCUT2D eigenvalue weighted by Crippen LogP contribution is 2.38. The third-order valence-corrected chi connectivity index (χ3v) is 11.0. The normalized spacial score (nSPS) is 38.7. The van der Waals surface area contributed by atoms with Crippen molar-refractivity contribution in [3.8, 4) is 0 Å². The minimum absolute atomic E-state index is 0.0303. The molecule has 4 N–H and O–H groups in total. The van der Waals surface area contributed by atoms with Crippen LogP contribution < -0.4 is 5.32 Å². The van der Waals surface area contributed by atoms with E-state index in [2.05, 4.69) is 10.3 Å². The second-order valence-corrected chi connectivity index (χ2v) is 15.2. The first kappa shape index (κ1) is 41.7. The largest absolute Gasteiger partial charge is 0.459 e. The van der Waals surface area contributed by atoms with E-state index in [9.17, 15) is 29.7 Å². The molecule has 1 aromatic heterocycles. The molecule has 0 radical (unpaired) electrons. The molecule has 0 aliphatic carbocycles. The molecule has 2 aliphatic heterocycles. The van der Waals surface area contributed by atoms with Crippen LogP contribution >= 0.6 is 0 Å². The van der Waals surface area contributed by atoms with Crippen LogP contribution in [0, 0.1) is 23.7 Å². The predicted octanol–water partition coefficient (Wildman–Crippen LogP) is 4.01. The number of likely N-dealkylation sites (N-methyl/N-ethyl adjacent to an activating group) is 1. The Hall–Kier alpha value is -3.10. The van der Waals surface area contributed by atoms with Crippen molar-refractivity contribution < 1.29 is 48.7 Å². The van der Waals surface area contributed by atoms with Gasteiger partial charge in [0.05, 0.1) is 36.0 Å². The number of esters is 1. The fourth-order valence-electron chi connectivity index (χ4n) is 7.77. The molecule has 2 aliphatic rings. The topological polar surface area (TPSA) is 174 Å². The van der Waals surface area contributed by atoms with Gasteiger partial charge in [-0.25, -0.2) is 0 Å². The highest BCUT2D eigenvalue weighted by molar-refractivity contribution is 6.00. The highest BCUT2D eigenvalue weighted by Gasteiger charge is 2.52. The maximum absolute atomic E-state index is 14.2. The van der Waals surface area contributed by atoms with E-state index in [0.717, 1.165) is 16.5 Å². The number of fused-ring (bicyclic) bond motifs is 1. The van der Waals surface area contributed by atoms with E-state index in [0.29, 0.717) is 6.42 Å². The van der Waals surface area contributed by atoms with Gasteiger partial charge >= 0.3 is 5.97 Å². The number of aliphatic hydroxyl groups is 3. The van der Waals surface area contributed by atoms with Crippen molar-refractivity contribution in [2.45, 2.75) is 129 Å². The smallest absolute Gasteiger partial charge is 0.316 e. The molecule has 2 fully saturated rings. The van der Waals surface area contributed by atoms with Gasteiger partial charge in [0.2, 0.25) is 0 Å². The summed E-state index contributed by atoms with van der Waals surface area (Å²) in [5, 5.41) is 38.2. The van der Waals surface area contributed by atoms with Gasteiger partial charge < -0.3 is 39.6 Å². The van der Waals surface area contributed by atoms with Gasteiger partial charge in [-0.2, -0.15) is 0 Å². The highest BCUT2D eigenvalue weighted by atomic mass is 16.7. The number of nitrogens with zero attached hydrogens (tertiary/aromatic N) is 1. The van der Waals surface area contributed by atoms with Crippen LogP contribution in [-0.4, -0.2) is 106 Å². The first-order chi connectivity index (χ1) is 24.4. The van der Waals surface area contributed by atoms with E-state index in [1.165, 1.54) is 20.8 Å². The van der Waals surface area contributed by atoms with Crippen LogP contribution in [0.1, 0.15) is 80.2 Å². The first-order valence-electron chi connectivity index (χ1n) is 18.4. The van der Waals surface area contributed by atoms with E-state index in [1.807, 2.05) is 43.3 Å². The van der Waals surface area contributed by atoms with Gasteiger partial charge in [0.1, 0.15) is 29.5 Å². The molecular weight excluding hydrogens is 668 g/mol. The number of hydrogen-bond acceptors (Lipinski definition) is 12. The molecule has 4 rings (SSSR count). The van der Waals surface area contributed by atoms with Crippen molar-refractivity contribution in [3.05, 3.63) is 48.2 Å². The molecule has 2 saturated heterocycles. The standard InChI is InChI=1S/C40H58N2O10/c1-10-31-40(8,48)35(46)24(4)32(43)22(2)20-39(7,49-17-13-14-27-19-28-15-11-12-16-29(28)42-21-27)36(25(5)33(44)26(6)37(47)51-31)52-38-34(45)30(41-9)18-23(3)50-38/h11-16,19,21-26,30-31,34-36,38,41,45-46,48H,10,17-18,20H2,1-9H3/b14-13+/t22-,23-,24+,25+,26-,30+,31-,34-,35-,36-,38+,39-,40-/m1/s1. The van der Waals surface area contributed by atoms with E-state index in [4.69, 9.17) is 18.9 Å². The summed E-state index contributed by atoms with van der Waals surface area (Å²) in [6, 6.07) is 9.41. The number of ketones is 2. The second kappa shape index (κ2) is 17.4. The third kappa shape index (κ3) is 9.15. The summed E-state index contributed by atoms with van der Waals surface area (Å²) in [6.07, 6.45) is -0.374. The predicted molar refractivity (Wildman–Crippen MR) is 196 cm³/mol. The molecule has 12 heteroatoms. The minimum Gasteiger partial charge on any atom is -0.459 e. The Labute approximate surface area is 307 Å². The number of aliphatic hydroxyl groups excluding tert-OH is 2. The van der Waals surface area contributed by atoms with Gasteiger partial charge in [0.15, 0.2) is 12.1 Å². The summed E-state index contributed by atoms with van der Waals surface area (Å²) in [5.74, 6) is -5.87. The van der Waals surface area contributed by atoms with Crippen LogP contribution in [0.25, 0.3) is 17.0 Å². The monoisotopic (exact) mass is 726 g/mol. The molecule has 288 valence electrons. The lowest BCUT2D eigenvalue weighted by molar-refractivity contribution is -0.291. The van der Waals surface area contributed by atoms with Gasteiger partial charge in [-0.1, -0.05) is 58.0 Å². The molecule has 0 unspecified atom stereocenters. The van der Waals surface area contributed by atoms with E-state index < -0.39 is 77.3 Å². The van der Waals surface area contributed by atoms with E-state index >= 15 is 0 Å². The number of ether oxygens (including phenoxy) is 4.